The van der Waals surface area contributed by atoms with Gasteiger partial charge in [-0.15, -0.1) is 0 Å². The summed E-state index contributed by atoms with van der Waals surface area (Å²) in [7, 11) is 0. The van der Waals surface area contributed by atoms with E-state index >= 15 is 0 Å². The van der Waals surface area contributed by atoms with E-state index in [1.807, 2.05) is 24.3 Å². The average Bonchev–Trinajstić information content (AvgIpc) is 3.33. The Balaban J connectivity index is 1.46. The number of carbonyl (C=O) groups excluding carboxylic acids is 2. The van der Waals surface area contributed by atoms with Crippen molar-refractivity contribution in [1.29, 1.82) is 0 Å². The van der Waals surface area contributed by atoms with Crippen molar-refractivity contribution in [3.8, 4) is 0 Å². The minimum atomic E-state index is -0.242. The highest BCUT2D eigenvalue weighted by Crippen LogP contribution is 2.25. The Kier molecular flexibility index (Phi) is 5.69. The third kappa shape index (κ3) is 4.36. The van der Waals surface area contributed by atoms with E-state index in [9.17, 15) is 9.59 Å². The molecule has 0 spiro atoms. The Morgan fingerprint density at radius 3 is 2.83 bits per heavy atom. The van der Waals surface area contributed by atoms with Crippen molar-refractivity contribution in [1.82, 2.24) is 20.2 Å². The van der Waals surface area contributed by atoms with Gasteiger partial charge in [0.2, 0.25) is 0 Å². The van der Waals surface area contributed by atoms with E-state index in [1.165, 1.54) is 0 Å². The summed E-state index contributed by atoms with van der Waals surface area (Å²) in [6.07, 6.45) is 9.66. The molecule has 148 valence electrons. The van der Waals surface area contributed by atoms with Crippen LogP contribution in [0.2, 0.25) is 5.02 Å². The second-order valence-electron chi connectivity index (χ2n) is 6.74. The molecule has 2 amide bonds. The first-order valence-electron chi connectivity index (χ1n) is 9.15. The maximum atomic E-state index is 12.7. The minimum Gasteiger partial charge on any atom is -0.345 e. The van der Waals surface area contributed by atoms with Crippen LogP contribution in [0, 0.1) is 0 Å². The molecule has 1 aliphatic heterocycles. The largest absolute Gasteiger partial charge is 0.345 e. The van der Waals surface area contributed by atoms with Crippen LogP contribution in [-0.4, -0.2) is 39.8 Å². The highest BCUT2D eigenvalue weighted by atomic mass is 79.9. The molecule has 0 radical (unpaired) electrons. The van der Waals surface area contributed by atoms with Crippen LogP contribution in [0.15, 0.2) is 64.2 Å². The molecule has 0 saturated carbocycles. The summed E-state index contributed by atoms with van der Waals surface area (Å²) in [5.74, 6) is 0.374. The number of aromatic amines is 1. The minimum absolute atomic E-state index is 0.0228. The number of benzene rings is 1. The van der Waals surface area contributed by atoms with Crippen LogP contribution in [0.5, 0.6) is 0 Å². The van der Waals surface area contributed by atoms with Crippen LogP contribution in [0.1, 0.15) is 12.2 Å². The summed E-state index contributed by atoms with van der Waals surface area (Å²) in [4.78, 5) is 34.7. The quantitative estimate of drug-likeness (QED) is 0.664. The van der Waals surface area contributed by atoms with Gasteiger partial charge >= 0.3 is 0 Å². The van der Waals surface area contributed by atoms with Crippen molar-refractivity contribution >= 4 is 50.4 Å². The molecule has 0 saturated heterocycles. The molecule has 0 atom stereocenters. The Morgan fingerprint density at radius 2 is 2.03 bits per heavy atom. The van der Waals surface area contributed by atoms with Crippen LogP contribution < -0.4 is 5.32 Å². The number of halogens is 2. The molecule has 1 aliphatic carbocycles. The van der Waals surface area contributed by atoms with E-state index in [1.54, 1.807) is 29.2 Å². The lowest BCUT2D eigenvalue weighted by atomic mass is 10.1. The van der Waals surface area contributed by atoms with Gasteiger partial charge in [-0.3, -0.25) is 9.59 Å². The summed E-state index contributed by atoms with van der Waals surface area (Å²) in [6.45, 7) is 1.49. The van der Waals surface area contributed by atoms with Crippen LogP contribution >= 0.6 is 27.5 Å². The van der Waals surface area contributed by atoms with Gasteiger partial charge in [-0.25, -0.2) is 4.98 Å². The highest BCUT2D eigenvalue weighted by molar-refractivity contribution is 9.12. The van der Waals surface area contributed by atoms with Gasteiger partial charge in [0.25, 0.3) is 11.8 Å². The van der Waals surface area contributed by atoms with E-state index in [4.69, 9.17) is 11.6 Å². The van der Waals surface area contributed by atoms with E-state index < -0.39 is 0 Å². The van der Waals surface area contributed by atoms with Crippen LogP contribution in [0.3, 0.4) is 0 Å². The predicted molar refractivity (Wildman–Crippen MR) is 116 cm³/mol. The lowest BCUT2D eigenvalue weighted by Gasteiger charge is -2.17. The lowest BCUT2D eigenvalue weighted by Crippen LogP contribution is -2.29. The third-order valence-electron chi connectivity index (χ3n) is 4.73. The van der Waals surface area contributed by atoms with Crippen LogP contribution in [-0.2, 0) is 16.1 Å². The average molecular weight is 474 g/mol. The van der Waals surface area contributed by atoms with E-state index in [0.29, 0.717) is 46.0 Å². The van der Waals surface area contributed by atoms with Gasteiger partial charge in [-0.1, -0.05) is 51.8 Å². The monoisotopic (exact) mass is 472 g/mol. The Labute approximate surface area is 181 Å². The van der Waals surface area contributed by atoms with Gasteiger partial charge in [-0.05, 0) is 30.7 Å². The number of carbonyl (C=O) groups is 2. The van der Waals surface area contributed by atoms with Crippen molar-refractivity contribution in [3.63, 3.8) is 0 Å². The molecule has 2 aromatic rings. The number of aromatic nitrogens is 2. The second-order valence-corrected chi connectivity index (χ2v) is 8.03. The molecule has 1 aromatic heterocycles. The molecule has 6 nitrogen and oxygen atoms in total. The van der Waals surface area contributed by atoms with Gasteiger partial charge in [0.15, 0.2) is 0 Å². The summed E-state index contributed by atoms with van der Waals surface area (Å²) < 4.78 is 0.628. The molecule has 8 heteroatoms. The Morgan fingerprint density at radius 1 is 1.24 bits per heavy atom. The van der Waals surface area contributed by atoms with Crippen molar-refractivity contribution < 1.29 is 9.59 Å². The molecule has 2 aliphatic rings. The van der Waals surface area contributed by atoms with Crippen molar-refractivity contribution in [3.05, 3.63) is 75.1 Å². The number of nitrogens with zero attached hydrogens (tertiary/aromatic N) is 2. The lowest BCUT2D eigenvalue weighted by molar-refractivity contribution is -0.126. The second kappa shape index (κ2) is 8.39. The van der Waals surface area contributed by atoms with Crippen molar-refractivity contribution in [2.24, 2.45) is 0 Å². The van der Waals surface area contributed by atoms with Gasteiger partial charge in [0.05, 0.1) is 17.6 Å². The zero-order valence-corrected chi connectivity index (χ0v) is 17.8. The fourth-order valence-electron chi connectivity index (χ4n) is 3.22. The zero-order valence-electron chi connectivity index (χ0n) is 15.4. The number of fused-ring (bicyclic) bond motifs is 1. The number of rotatable bonds is 4. The van der Waals surface area contributed by atoms with Gasteiger partial charge < -0.3 is 15.2 Å². The maximum Gasteiger partial charge on any atom is 0.251 e. The topological polar surface area (TPSA) is 78.1 Å². The Bertz CT molecular complexity index is 1110. The molecular weight excluding hydrogens is 456 g/mol. The summed E-state index contributed by atoms with van der Waals surface area (Å²) in [5, 5.41) is 3.48. The third-order valence-corrected chi connectivity index (χ3v) is 5.67. The first-order valence-corrected chi connectivity index (χ1v) is 10.3. The van der Waals surface area contributed by atoms with E-state index in [2.05, 4.69) is 31.2 Å². The fraction of sp³-hybridized carbons (Fsp3) is 0.190. The van der Waals surface area contributed by atoms with Gasteiger partial charge in [-0.2, -0.15) is 0 Å². The van der Waals surface area contributed by atoms with Crippen LogP contribution in [0.25, 0.3) is 11.0 Å². The molecule has 2 N–H and O–H groups in total. The van der Waals surface area contributed by atoms with E-state index in [-0.39, 0.29) is 18.4 Å². The number of imidazole rings is 1. The van der Waals surface area contributed by atoms with Gasteiger partial charge in [0.1, 0.15) is 5.82 Å². The molecule has 1 aromatic carbocycles. The SMILES string of the molecule is O=C(NCc1nc2ccc(Cl)cc2[nH]1)C1=CC(Br)=C(C(=O)N2CC=CC2)CC=C1. The predicted octanol–water partition coefficient (Wildman–Crippen LogP) is 3.77. The zero-order chi connectivity index (χ0) is 20.4. The number of hydrogen-bond donors (Lipinski definition) is 2. The highest BCUT2D eigenvalue weighted by Gasteiger charge is 2.22. The number of hydrogen-bond acceptors (Lipinski definition) is 3. The summed E-state index contributed by atoms with van der Waals surface area (Å²) >= 11 is 9.46. The van der Waals surface area contributed by atoms with Crippen molar-refractivity contribution in [2.75, 3.05) is 13.1 Å². The van der Waals surface area contributed by atoms with Gasteiger partial charge in [0, 0.05) is 33.7 Å². The smallest absolute Gasteiger partial charge is 0.251 e. The number of H-pyrrole nitrogens is 1. The summed E-state index contributed by atoms with van der Waals surface area (Å²) in [5.41, 5.74) is 2.72. The molecular formula is C21H18BrClN4O2. The number of allylic oxidation sites excluding steroid dienone is 3. The maximum absolute atomic E-state index is 12.7. The van der Waals surface area contributed by atoms with E-state index in [0.717, 1.165) is 11.0 Å². The molecule has 29 heavy (non-hydrogen) atoms. The summed E-state index contributed by atoms with van der Waals surface area (Å²) in [6, 6.07) is 5.39. The first kappa shape index (κ1) is 19.7. The molecule has 0 bridgehead atoms. The van der Waals surface area contributed by atoms with Crippen molar-refractivity contribution in [2.45, 2.75) is 13.0 Å². The molecule has 2 heterocycles. The molecule has 0 fully saturated rings. The van der Waals surface area contributed by atoms with Crippen LogP contribution in [0.4, 0.5) is 0 Å². The number of amides is 2. The first-order chi connectivity index (χ1) is 14.0. The molecule has 0 unspecified atom stereocenters. The number of nitrogens with one attached hydrogen (secondary N) is 2. The normalized spacial score (nSPS) is 16.3. The standard InChI is InChI=1S/C21H18BrClN4O2/c22-16-10-13(4-3-5-15(16)21(29)27-8-1-2-9-27)20(28)24-12-19-25-17-7-6-14(23)11-18(17)26-19/h1-4,6-7,10-11H,5,8-9,12H2,(H,24,28)(H,25,26). The molecule has 4 rings (SSSR count). The Hall–Kier alpha value is -2.64. The fourth-order valence-corrected chi connectivity index (χ4v) is 3.97.